The van der Waals surface area contributed by atoms with Gasteiger partial charge in [0.05, 0.1) is 10.6 Å². The Balaban J connectivity index is 2.06. The fraction of sp³-hybridized carbons (Fsp3) is 0.294. The van der Waals surface area contributed by atoms with Gasteiger partial charge in [0.2, 0.25) is 0 Å². The second kappa shape index (κ2) is 5.52. The van der Waals surface area contributed by atoms with Crippen LogP contribution in [0.4, 0.5) is 4.39 Å². The molecule has 0 heterocycles. The molecule has 0 spiro atoms. The van der Waals surface area contributed by atoms with E-state index in [4.69, 9.17) is 5.73 Å². The summed E-state index contributed by atoms with van der Waals surface area (Å²) in [6, 6.07) is 12.7. The zero-order chi connectivity index (χ0) is 15.0. The summed E-state index contributed by atoms with van der Waals surface area (Å²) in [6.07, 6.45) is 0.967. The van der Waals surface area contributed by atoms with Crippen molar-refractivity contribution in [1.82, 2.24) is 0 Å². The van der Waals surface area contributed by atoms with Gasteiger partial charge in [-0.15, -0.1) is 0 Å². The first kappa shape index (κ1) is 14.7. The number of aliphatic hydroxyl groups is 1. The van der Waals surface area contributed by atoms with Crippen LogP contribution >= 0.6 is 15.9 Å². The van der Waals surface area contributed by atoms with Crippen molar-refractivity contribution in [2.75, 3.05) is 6.54 Å². The molecule has 0 radical (unpaired) electrons. The van der Waals surface area contributed by atoms with Crippen LogP contribution in [0.25, 0.3) is 0 Å². The van der Waals surface area contributed by atoms with Gasteiger partial charge in [-0.3, -0.25) is 0 Å². The molecule has 2 unspecified atom stereocenters. The number of hydrogen-bond donors (Lipinski definition) is 2. The molecule has 1 aliphatic carbocycles. The van der Waals surface area contributed by atoms with E-state index >= 15 is 0 Å². The Kier molecular flexibility index (Phi) is 3.86. The van der Waals surface area contributed by atoms with Crippen LogP contribution in [0.1, 0.15) is 29.2 Å². The molecule has 3 rings (SSSR count). The van der Waals surface area contributed by atoms with E-state index in [0.29, 0.717) is 16.6 Å². The van der Waals surface area contributed by atoms with Crippen molar-refractivity contribution in [3.05, 3.63) is 69.4 Å². The molecule has 2 nitrogen and oxygen atoms in total. The van der Waals surface area contributed by atoms with Gasteiger partial charge in [0.1, 0.15) is 5.82 Å². The fourth-order valence-corrected chi connectivity index (χ4v) is 3.72. The molecule has 21 heavy (non-hydrogen) atoms. The van der Waals surface area contributed by atoms with Crippen molar-refractivity contribution in [2.24, 2.45) is 5.73 Å². The highest BCUT2D eigenvalue weighted by molar-refractivity contribution is 9.10. The minimum absolute atomic E-state index is 0.334. The Bertz CT molecular complexity index is 676. The molecular formula is C17H17BrFNO. The van der Waals surface area contributed by atoms with Gasteiger partial charge in [-0.05, 0) is 57.6 Å². The van der Waals surface area contributed by atoms with Gasteiger partial charge in [0, 0.05) is 12.0 Å². The SMILES string of the molecule is NCC1(C(O)c2ccc(F)c(Br)c2)CCc2ccccc21. The van der Waals surface area contributed by atoms with Crippen molar-refractivity contribution in [1.29, 1.82) is 0 Å². The van der Waals surface area contributed by atoms with Gasteiger partial charge in [0.15, 0.2) is 0 Å². The third kappa shape index (κ3) is 2.31. The normalized spacial score (nSPS) is 22.1. The smallest absolute Gasteiger partial charge is 0.137 e. The highest BCUT2D eigenvalue weighted by atomic mass is 79.9. The summed E-state index contributed by atoms with van der Waals surface area (Å²) in [4.78, 5) is 0. The van der Waals surface area contributed by atoms with E-state index in [9.17, 15) is 9.50 Å². The topological polar surface area (TPSA) is 46.2 Å². The van der Waals surface area contributed by atoms with Crippen molar-refractivity contribution in [3.63, 3.8) is 0 Å². The number of aliphatic hydroxyl groups excluding tert-OH is 1. The predicted octanol–water partition coefficient (Wildman–Crippen LogP) is 3.46. The average Bonchev–Trinajstić information content (AvgIpc) is 2.89. The maximum absolute atomic E-state index is 13.4. The summed E-state index contributed by atoms with van der Waals surface area (Å²) >= 11 is 3.18. The number of benzene rings is 2. The second-order valence-electron chi connectivity index (χ2n) is 5.59. The number of halogens is 2. The van der Waals surface area contributed by atoms with E-state index in [0.717, 1.165) is 18.4 Å². The van der Waals surface area contributed by atoms with Crippen LogP contribution in [0, 0.1) is 5.82 Å². The first-order valence-corrected chi connectivity index (χ1v) is 7.79. The third-order valence-electron chi connectivity index (χ3n) is 4.54. The van der Waals surface area contributed by atoms with Gasteiger partial charge in [0.25, 0.3) is 0 Å². The number of hydrogen-bond acceptors (Lipinski definition) is 2. The molecule has 0 bridgehead atoms. The second-order valence-corrected chi connectivity index (χ2v) is 6.45. The summed E-state index contributed by atoms with van der Waals surface area (Å²) < 4.78 is 13.8. The van der Waals surface area contributed by atoms with Gasteiger partial charge in [-0.25, -0.2) is 4.39 Å². The lowest BCUT2D eigenvalue weighted by atomic mass is 9.74. The number of rotatable bonds is 3. The van der Waals surface area contributed by atoms with E-state index < -0.39 is 11.5 Å². The molecule has 1 aliphatic rings. The van der Waals surface area contributed by atoms with Crippen molar-refractivity contribution >= 4 is 15.9 Å². The summed E-state index contributed by atoms with van der Waals surface area (Å²) in [5.41, 5.74) is 8.59. The molecule has 2 aromatic carbocycles. The summed E-state index contributed by atoms with van der Waals surface area (Å²) in [6.45, 7) is 0.361. The Hall–Kier alpha value is -1.23. The van der Waals surface area contributed by atoms with Crippen LogP contribution in [0.2, 0.25) is 0 Å². The molecule has 2 atom stereocenters. The van der Waals surface area contributed by atoms with Crippen molar-refractivity contribution in [3.8, 4) is 0 Å². The van der Waals surface area contributed by atoms with Gasteiger partial charge in [-0.2, -0.15) is 0 Å². The lowest BCUT2D eigenvalue weighted by Gasteiger charge is -2.34. The van der Waals surface area contributed by atoms with E-state index in [1.54, 1.807) is 12.1 Å². The van der Waals surface area contributed by atoms with Crippen LogP contribution in [-0.4, -0.2) is 11.7 Å². The predicted molar refractivity (Wildman–Crippen MR) is 84.6 cm³/mol. The van der Waals surface area contributed by atoms with Gasteiger partial charge < -0.3 is 10.8 Å². The third-order valence-corrected chi connectivity index (χ3v) is 5.15. The van der Waals surface area contributed by atoms with E-state index in [2.05, 4.69) is 22.0 Å². The maximum atomic E-state index is 13.4. The lowest BCUT2D eigenvalue weighted by Crippen LogP contribution is -2.39. The summed E-state index contributed by atoms with van der Waals surface area (Å²) in [5.74, 6) is -0.334. The minimum atomic E-state index is -0.747. The Morgan fingerprint density at radius 2 is 2.05 bits per heavy atom. The number of fused-ring (bicyclic) bond motifs is 1. The Morgan fingerprint density at radius 1 is 1.29 bits per heavy atom. The molecule has 0 saturated heterocycles. The molecule has 0 saturated carbocycles. The summed E-state index contributed by atoms with van der Waals surface area (Å²) in [5, 5.41) is 10.9. The zero-order valence-electron chi connectivity index (χ0n) is 11.5. The van der Waals surface area contributed by atoms with Crippen LogP contribution < -0.4 is 5.73 Å². The van der Waals surface area contributed by atoms with Crippen LogP contribution in [0.15, 0.2) is 46.9 Å². The first-order valence-electron chi connectivity index (χ1n) is 7.00. The molecule has 0 fully saturated rings. The average molecular weight is 350 g/mol. The standard InChI is InChI=1S/C17H17BrFNO/c18-14-9-12(5-6-15(14)19)16(21)17(10-20)8-7-11-3-1-2-4-13(11)17/h1-6,9,16,21H,7-8,10,20H2. The zero-order valence-corrected chi connectivity index (χ0v) is 13.1. The monoisotopic (exact) mass is 349 g/mol. The van der Waals surface area contributed by atoms with Crippen LogP contribution in [0.3, 0.4) is 0 Å². The van der Waals surface area contributed by atoms with Crippen LogP contribution in [-0.2, 0) is 11.8 Å². The molecule has 4 heteroatoms. The highest BCUT2D eigenvalue weighted by Crippen LogP contribution is 2.47. The van der Waals surface area contributed by atoms with E-state index in [-0.39, 0.29) is 5.82 Å². The molecule has 0 aromatic heterocycles. The molecule has 2 aromatic rings. The number of nitrogens with two attached hydrogens (primary N) is 1. The Labute approximate surface area is 131 Å². The van der Waals surface area contributed by atoms with Gasteiger partial charge >= 0.3 is 0 Å². The molecule has 0 amide bonds. The fourth-order valence-electron chi connectivity index (χ4n) is 3.33. The Morgan fingerprint density at radius 3 is 2.76 bits per heavy atom. The van der Waals surface area contributed by atoms with Crippen LogP contribution in [0.5, 0.6) is 0 Å². The molecule has 110 valence electrons. The quantitative estimate of drug-likeness (QED) is 0.891. The number of aryl methyl sites for hydroxylation is 1. The largest absolute Gasteiger partial charge is 0.387 e. The van der Waals surface area contributed by atoms with Crippen molar-refractivity contribution < 1.29 is 9.50 Å². The van der Waals surface area contributed by atoms with Crippen molar-refractivity contribution in [2.45, 2.75) is 24.4 Å². The van der Waals surface area contributed by atoms with E-state index in [1.165, 1.54) is 11.6 Å². The molecule has 0 aliphatic heterocycles. The summed E-state index contributed by atoms with van der Waals surface area (Å²) in [7, 11) is 0. The van der Waals surface area contributed by atoms with E-state index in [1.807, 2.05) is 18.2 Å². The maximum Gasteiger partial charge on any atom is 0.137 e. The molecule has 3 N–H and O–H groups in total. The first-order chi connectivity index (χ1) is 10.1. The lowest BCUT2D eigenvalue weighted by molar-refractivity contribution is 0.0839. The highest BCUT2D eigenvalue weighted by Gasteiger charge is 2.44. The molecular weight excluding hydrogens is 333 g/mol. The minimum Gasteiger partial charge on any atom is -0.387 e. The van der Waals surface area contributed by atoms with Gasteiger partial charge in [-0.1, -0.05) is 30.3 Å².